The second-order valence-corrected chi connectivity index (χ2v) is 8.70. The summed E-state index contributed by atoms with van der Waals surface area (Å²) in [6.07, 6.45) is 0. The zero-order chi connectivity index (χ0) is 22.8. The van der Waals surface area contributed by atoms with Crippen molar-refractivity contribution in [1.82, 2.24) is 4.90 Å². The molecule has 3 rings (SSSR count). The Kier molecular flexibility index (Phi) is 6.61. The number of nitrogens with zero attached hydrogens (tertiary/aromatic N) is 2. The number of benzene rings is 2. The highest BCUT2D eigenvalue weighted by Gasteiger charge is 2.27. The van der Waals surface area contributed by atoms with Gasteiger partial charge in [0.1, 0.15) is 11.6 Å². The Bertz CT molecular complexity index is 1110. The minimum atomic E-state index is -3.98. The van der Waals surface area contributed by atoms with Crippen molar-refractivity contribution < 1.29 is 27.1 Å². The standard InChI is InChI=1S/C21H24FN3O5S/c1-3-30-20-7-5-16(31(23,28)29)13-17(20)21(27)25-10-8-24(9-11-25)19-6-4-15(14(2)26)12-18(19)22/h4-7,12-13H,3,8-11H2,1-2H3,(H2,23,28,29). The van der Waals surface area contributed by atoms with E-state index in [1.165, 1.54) is 31.2 Å². The first kappa shape index (κ1) is 22.7. The number of carbonyl (C=O) groups is 2. The molecular formula is C21H24FN3O5S. The number of primary sulfonamides is 1. The number of nitrogens with two attached hydrogens (primary N) is 1. The average Bonchev–Trinajstić information content (AvgIpc) is 2.73. The molecule has 8 nitrogen and oxygen atoms in total. The van der Waals surface area contributed by atoms with Crippen molar-refractivity contribution in [3.8, 4) is 5.75 Å². The molecule has 10 heteroatoms. The van der Waals surface area contributed by atoms with Gasteiger partial charge >= 0.3 is 0 Å². The number of hydrogen-bond acceptors (Lipinski definition) is 6. The first-order valence-corrected chi connectivity index (χ1v) is 11.3. The first-order valence-electron chi connectivity index (χ1n) is 9.76. The topological polar surface area (TPSA) is 110 Å². The van der Waals surface area contributed by atoms with Gasteiger partial charge in [-0.25, -0.2) is 17.9 Å². The summed E-state index contributed by atoms with van der Waals surface area (Å²) in [5, 5.41) is 5.20. The van der Waals surface area contributed by atoms with Crippen LogP contribution in [-0.4, -0.2) is 57.8 Å². The number of piperazine rings is 1. The molecule has 0 aliphatic carbocycles. The summed E-state index contributed by atoms with van der Waals surface area (Å²) in [4.78, 5) is 27.7. The predicted molar refractivity (Wildman–Crippen MR) is 114 cm³/mol. The average molecular weight is 450 g/mol. The van der Waals surface area contributed by atoms with Gasteiger partial charge in [-0.1, -0.05) is 0 Å². The number of Topliss-reactive ketones (excluding diaryl/α,β-unsaturated/α-hetero) is 1. The van der Waals surface area contributed by atoms with Gasteiger partial charge in [0.2, 0.25) is 10.0 Å². The number of ether oxygens (including phenoxy) is 1. The van der Waals surface area contributed by atoms with E-state index in [1.54, 1.807) is 28.9 Å². The van der Waals surface area contributed by atoms with Crippen molar-refractivity contribution in [3.63, 3.8) is 0 Å². The maximum absolute atomic E-state index is 14.4. The number of hydrogen-bond donors (Lipinski definition) is 1. The van der Waals surface area contributed by atoms with E-state index in [-0.39, 0.29) is 27.9 Å². The lowest BCUT2D eigenvalue weighted by molar-refractivity contribution is 0.0742. The Morgan fingerprint density at radius 2 is 1.77 bits per heavy atom. The minimum Gasteiger partial charge on any atom is -0.493 e. The summed E-state index contributed by atoms with van der Waals surface area (Å²) in [5.74, 6) is -0.825. The third kappa shape index (κ3) is 5.02. The molecule has 31 heavy (non-hydrogen) atoms. The van der Waals surface area contributed by atoms with E-state index in [1.807, 2.05) is 0 Å². The first-order chi connectivity index (χ1) is 14.6. The van der Waals surface area contributed by atoms with Crippen LogP contribution in [0.25, 0.3) is 0 Å². The lowest BCUT2D eigenvalue weighted by Gasteiger charge is -2.36. The van der Waals surface area contributed by atoms with Crippen LogP contribution in [-0.2, 0) is 10.0 Å². The van der Waals surface area contributed by atoms with Crippen molar-refractivity contribution in [1.29, 1.82) is 0 Å². The van der Waals surface area contributed by atoms with E-state index < -0.39 is 15.8 Å². The monoisotopic (exact) mass is 449 g/mol. The van der Waals surface area contributed by atoms with E-state index in [9.17, 15) is 22.4 Å². The normalized spacial score (nSPS) is 14.5. The fraction of sp³-hybridized carbons (Fsp3) is 0.333. The molecule has 1 aliphatic heterocycles. The van der Waals surface area contributed by atoms with Crippen LogP contribution >= 0.6 is 0 Å². The Morgan fingerprint density at radius 3 is 2.32 bits per heavy atom. The van der Waals surface area contributed by atoms with Crippen LogP contribution in [0, 0.1) is 5.82 Å². The van der Waals surface area contributed by atoms with Gasteiger partial charge in [-0.2, -0.15) is 0 Å². The molecule has 1 fully saturated rings. The minimum absolute atomic E-state index is 0.110. The van der Waals surface area contributed by atoms with Gasteiger partial charge in [0, 0.05) is 31.7 Å². The number of amides is 1. The smallest absolute Gasteiger partial charge is 0.257 e. The number of rotatable bonds is 6. The molecule has 0 aromatic heterocycles. The van der Waals surface area contributed by atoms with Gasteiger partial charge in [0.05, 0.1) is 22.8 Å². The van der Waals surface area contributed by atoms with Crippen LogP contribution in [0.3, 0.4) is 0 Å². The zero-order valence-electron chi connectivity index (χ0n) is 17.3. The van der Waals surface area contributed by atoms with Crippen molar-refractivity contribution >= 4 is 27.4 Å². The molecule has 1 aliphatic rings. The molecule has 0 radical (unpaired) electrons. The van der Waals surface area contributed by atoms with Gasteiger partial charge in [-0.05, 0) is 50.2 Å². The molecule has 1 heterocycles. The predicted octanol–water partition coefficient (Wildman–Crippen LogP) is 2.04. The maximum Gasteiger partial charge on any atom is 0.257 e. The second-order valence-electron chi connectivity index (χ2n) is 7.14. The van der Waals surface area contributed by atoms with Gasteiger partial charge in [-0.3, -0.25) is 9.59 Å². The highest BCUT2D eigenvalue weighted by molar-refractivity contribution is 7.89. The highest BCUT2D eigenvalue weighted by Crippen LogP contribution is 2.26. The number of halogens is 1. The molecular weight excluding hydrogens is 425 g/mol. The highest BCUT2D eigenvalue weighted by atomic mass is 32.2. The van der Waals surface area contributed by atoms with E-state index >= 15 is 0 Å². The van der Waals surface area contributed by atoms with Gasteiger partial charge < -0.3 is 14.5 Å². The molecule has 0 spiro atoms. The lowest BCUT2D eigenvalue weighted by atomic mass is 10.1. The molecule has 2 aromatic carbocycles. The quantitative estimate of drug-likeness (QED) is 0.676. The fourth-order valence-corrected chi connectivity index (χ4v) is 3.98. The third-order valence-corrected chi connectivity index (χ3v) is 5.98. The summed E-state index contributed by atoms with van der Waals surface area (Å²) < 4.78 is 43.3. The van der Waals surface area contributed by atoms with E-state index in [2.05, 4.69) is 0 Å². The third-order valence-electron chi connectivity index (χ3n) is 5.07. The molecule has 1 amide bonds. The summed E-state index contributed by atoms with van der Waals surface area (Å²) in [6.45, 7) is 4.79. The van der Waals surface area contributed by atoms with Crippen LogP contribution < -0.4 is 14.8 Å². The molecule has 1 saturated heterocycles. The van der Waals surface area contributed by atoms with Crippen LogP contribution in [0.2, 0.25) is 0 Å². The van der Waals surface area contributed by atoms with Crippen molar-refractivity contribution in [2.24, 2.45) is 5.14 Å². The van der Waals surface area contributed by atoms with Crippen molar-refractivity contribution in [3.05, 3.63) is 53.3 Å². The Morgan fingerprint density at radius 1 is 1.10 bits per heavy atom. The molecule has 0 bridgehead atoms. The fourth-order valence-electron chi connectivity index (χ4n) is 3.44. The Labute approximate surface area is 180 Å². The SMILES string of the molecule is CCOc1ccc(S(N)(=O)=O)cc1C(=O)N1CCN(c2ccc(C(C)=O)cc2F)CC1. The number of carbonyl (C=O) groups excluding carboxylic acids is 2. The van der Waals surface area contributed by atoms with E-state index in [0.717, 1.165) is 0 Å². The Balaban J connectivity index is 1.78. The number of anilines is 1. The van der Waals surface area contributed by atoms with Gasteiger partial charge in [0.15, 0.2) is 5.78 Å². The molecule has 2 aromatic rings. The Hall–Kier alpha value is -2.98. The molecule has 0 saturated carbocycles. The molecule has 166 valence electrons. The number of sulfonamides is 1. The van der Waals surface area contributed by atoms with Crippen molar-refractivity contribution in [2.45, 2.75) is 18.7 Å². The molecule has 2 N–H and O–H groups in total. The van der Waals surface area contributed by atoms with Crippen LogP contribution in [0.15, 0.2) is 41.3 Å². The lowest BCUT2D eigenvalue weighted by Crippen LogP contribution is -2.49. The van der Waals surface area contributed by atoms with Crippen LogP contribution in [0.1, 0.15) is 34.6 Å². The summed E-state index contributed by atoms with van der Waals surface area (Å²) >= 11 is 0. The summed E-state index contributed by atoms with van der Waals surface area (Å²) in [7, 11) is -3.98. The van der Waals surface area contributed by atoms with Crippen molar-refractivity contribution in [2.75, 3.05) is 37.7 Å². The molecule has 0 unspecified atom stereocenters. The van der Waals surface area contributed by atoms with Gasteiger partial charge in [0.25, 0.3) is 5.91 Å². The van der Waals surface area contributed by atoms with Gasteiger partial charge in [-0.15, -0.1) is 0 Å². The van der Waals surface area contributed by atoms with E-state index in [4.69, 9.17) is 9.88 Å². The summed E-state index contributed by atoms with van der Waals surface area (Å²) in [6, 6.07) is 8.27. The maximum atomic E-state index is 14.4. The summed E-state index contributed by atoms with van der Waals surface area (Å²) in [5.41, 5.74) is 0.774. The largest absolute Gasteiger partial charge is 0.493 e. The zero-order valence-corrected chi connectivity index (χ0v) is 18.1. The van der Waals surface area contributed by atoms with E-state index in [0.29, 0.717) is 44.0 Å². The second kappa shape index (κ2) is 9.03. The van der Waals surface area contributed by atoms with Crippen LogP contribution in [0.5, 0.6) is 5.75 Å². The molecule has 0 atom stereocenters. The number of ketones is 1. The van der Waals surface area contributed by atoms with Crippen LogP contribution in [0.4, 0.5) is 10.1 Å².